The Labute approximate surface area is 94.4 Å². The van der Waals surface area contributed by atoms with Gasteiger partial charge in [0.25, 0.3) is 0 Å². The maximum Gasteiger partial charge on any atom is 0.125 e. The molecule has 0 saturated heterocycles. The van der Waals surface area contributed by atoms with Crippen LogP contribution < -0.4 is 0 Å². The van der Waals surface area contributed by atoms with Crippen molar-refractivity contribution in [3.8, 4) is 0 Å². The van der Waals surface area contributed by atoms with Crippen LogP contribution in [0.25, 0.3) is 10.8 Å². The van der Waals surface area contributed by atoms with E-state index in [1.807, 2.05) is 0 Å². The predicted molar refractivity (Wildman–Crippen MR) is 64.4 cm³/mol. The lowest BCUT2D eigenvalue weighted by atomic mass is 10.1. The van der Waals surface area contributed by atoms with Gasteiger partial charge in [-0.2, -0.15) is 0 Å². The van der Waals surface area contributed by atoms with Crippen LogP contribution in [0.2, 0.25) is 0 Å². The second kappa shape index (κ2) is 5.61. The molecule has 1 heterocycles. The second-order valence-corrected chi connectivity index (χ2v) is 3.16. The molecule has 1 aliphatic heterocycles. The van der Waals surface area contributed by atoms with E-state index < -0.39 is 0 Å². The minimum absolute atomic E-state index is 1.31. The van der Waals surface area contributed by atoms with Gasteiger partial charge in [0.1, 0.15) is 25.0 Å². The SMILES string of the molecule is C1=COC=CO1.c1ccc2ccccc2c1. The quantitative estimate of drug-likeness (QED) is 0.661. The van der Waals surface area contributed by atoms with Crippen LogP contribution in [0.3, 0.4) is 0 Å². The van der Waals surface area contributed by atoms with Crippen LogP contribution in [0.15, 0.2) is 73.6 Å². The summed E-state index contributed by atoms with van der Waals surface area (Å²) in [6.07, 6.45) is 5.83. The summed E-state index contributed by atoms with van der Waals surface area (Å²) in [5, 5.41) is 2.62. The summed E-state index contributed by atoms with van der Waals surface area (Å²) in [6.45, 7) is 0. The zero-order chi connectivity index (χ0) is 11.1. The zero-order valence-corrected chi connectivity index (χ0v) is 8.74. The highest BCUT2D eigenvalue weighted by atomic mass is 16.5. The van der Waals surface area contributed by atoms with E-state index in [1.165, 1.54) is 35.8 Å². The van der Waals surface area contributed by atoms with Gasteiger partial charge in [0, 0.05) is 0 Å². The third-order valence-electron chi connectivity index (χ3n) is 2.08. The molecule has 80 valence electrons. The summed E-state index contributed by atoms with van der Waals surface area (Å²) >= 11 is 0. The van der Waals surface area contributed by atoms with Gasteiger partial charge in [-0.15, -0.1) is 0 Å². The van der Waals surface area contributed by atoms with E-state index in [2.05, 4.69) is 58.0 Å². The molecule has 0 aliphatic carbocycles. The third-order valence-corrected chi connectivity index (χ3v) is 2.08. The minimum Gasteiger partial charge on any atom is -0.466 e. The molecule has 0 atom stereocenters. The van der Waals surface area contributed by atoms with Gasteiger partial charge in [-0.1, -0.05) is 48.5 Å². The molecule has 0 fully saturated rings. The predicted octanol–water partition coefficient (Wildman–Crippen LogP) is 3.82. The first kappa shape index (κ1) is 10.3. The highest BCUT2D eigenvalue weighted by Crippen LogP contribution is 2.11. The Hall–Kier alpha value is -2.22. The van der Waals surface area contributed by atoms with Crippen LogP contribution in [0.1, 0.15) is 0 Å². The fraction of sp³-hybridized carbons (Fsp3) is 0. The first-order chi connectivity index (χ1) is 7.97. The Kier molecular flexibility index (Phi) is 3.61. The molecule has 0 N–H and O–H groups in total. The number of fused-ring (bicyclic) bond motifs is 1. The molecule has 0 radical (unpaired) electrons. The van der Waals surface area contributed by atoms with Gasteiger partial charge >= 0.3 is 0 Å². The van der Waals surface area contributed by atoms with Gasteiger partial charge in [-0.3, -0.25) is 0 Å². The van der Waals surface area contributed by atoms with Gasteiger partial charge in [-0.25, -0.2) is 0 Å². The monoisotopic (exact) mass is 212 g/mol. The van der Waals surface area contributed by atoms with Crippen LogP contribution >= 0.6 is 0 Å². The van der Waals surface area contributed by atoms with E-state index in [4.69, 9.17) is 0 Å². The second-order valence-electron chi connectivity index (χ2n) is 3.16. The van der Waals surface area contributed by atoms with E-state index in [9.17, 15) is 0 Å². The summed E-state index contributed by atoms with van der Waals surface area (Å²) in [5.74, 6) is 0. The molecule has 0 unspecified atom stereocenters. The van der Waals surface area contributed by atoms with Gasteiger partial charge in [0.2, 0.25) is 0 Å². The Morgan fingerprint density at radius 1 is 0.500 bits per heavy atom. The molecular weight excluding hydrogens is 200 g/mol. The van der Waals surface area contributed by atoms with Crippen LogP contribution in [-0.2, 0) is 9.47 Å². The Morgan fingerprint density at radius 2 is 0.812 bits per heavy atom. The van der Waals surface area contributed by atoms with E-state index in [1.54, 1.807) is 0 Å². The molecule has 2 nitrogen and oxygen atoms in total. The number of hydrogen-bond donors (Lipinski definition) is 0. The van der Waals surface area contributed by atoms with Gasteiger partial charge in [0.15, 0.2) is 0 Å². The zero-order valence-electron chi connectivity index (χ0n) is 8.74. The molecular formula is C14H12O2. The van der Waals surface area contributed by atoms with Crippen molar-refractivity contribution in [2.24, 2.45) is 0 Å². The van der Waals surface area contributed by atoms with E-state index >= 15 is 0 Å². The number of rotatable bonds is 0. The lowest BCUT2D eigenvalue weighted by Gasteiger charge is -1.94. The fourth-order valence-corrected chi connectivity index (χ4v) is 1.35. The normalized spacial score (nSPS) is 12.2. The van der Waals surface area contributed by atoms with Crippen molar-refractivity contribution < 1.29 is 9.47 Å². The van der Waals surface area contributed by atoms with E-state index in [0.29, 0.717) is 0 Å². The van der Waals surface area contributed by atoms with Crippen molar-refractivity contribution in [1.82, 2.24) is 0 Å². The van der Waals surface area contributed by atoms with Crippen LogP contribution in [0, 0.1) is 0 Å². The topological polar surface area (TPSA) is 18.5 Å². The Bertz CT molecular complexity index is 415. The maximum atomic E-state index is 4.58. The molecule has 16 heavy (non-hydrogen) atoms. The molecule has 1 aliphatic rings. The van der Waals surface area contributed by atoms with Crippen molar-refractivity contribution in [2.75, 3.05) is 0 Å². The summed E-state index contributed by atoms with van der Waals surface area (Å²) < 4.78 is 9.17. The molecule has 0 spiro atoms. The van der Waals surface area contributed by atoms with Gasteiger partial charge < -0.3 is 9.47 Å². The summed E-state index contributed by atoms with van der Waals surface area (Å²) in [6, 6.07) is 16.7. The summed E-state index contributed by atoms with van der Waals surface area (Å²) in [4.78, 5) is 0. The minimum atomic E-state index is 1.31. The van der Waals surface area contributed by atoms with Gasteiger partial charge in [-0.05, 0) is 10.8 Å². The lowest BCUT2D eigenvalue weighted by molar-refractivity contribution is 0.290. The number of ether oxygens (including phenoxy) is 2. The average molecular weight is 212 g/mol. The van der Waals surface area contributed by atoms with Crippen molar-refractivity contribution in [3.05, 3.63) is 73.6 Å². The van der Waals surface area contributed by atoms with Gasteiger partial charge in [0.05, 0.1) is 0 Å². The summed E-state index contributed by atoms with van der Waals surface area (Å²) in [5.41, 5.74) is 0. The van der Waals surface area contributed by atoms with Crippen LogP contribution in [-0.4, -0.2) is 0 Å². The molecule has 0 saturated carbocycles. The van der Waals surface area contributed by atoms with E-state index in [-0.39, 0.29) is 0 Å². The standard InChI is InChI=1S/C10H8.C4H4O2/c1-2-6-10-8-4-3-7-9(10)5-1;1-2-6-4-3-5-1/h1-8H;1-4H. The smallest absolute Gasteiger partial charge is 0.125 e. The van der Waals surface area contributed by atoms with Crippen molar-refractivity contribution in [2.45, 2.75) is 0 Å². The molecule has 2 aromatic carbocycles. The Morgan fingerprint density at radius 3 is 1.06 bits per heavy atom. The third kappa shape index (κ3) is 2.89. The maximum absolute atomic E-state index is 4.58. The first-order valence-electron chi connectivity index (χ1n) is 5.01. The lowest BCUT2D eigenvalue weighted by Crippen LogP contribution is -1.74. The molecule has 0 bridgehead atoms. The van der Waals surface area contributed by atoms with Crippen LogP contribution in [0.5, 0.6) is 0 Å². The van der Waals surface area contributed by atoms with Crippen molar-refractivity contribution in [1.29, 1.82) is 0 Å². The van der Waals surface area contributed by atoms with Crippen molar-refractivity contribution in [3.63, 3.8) is 0 Å². The van der Waals surface area contributed by atoms with Crippen molar-refractivity contribution >= 4 is 10.8 Å². The largest absolute Gasteiger partial charge is 0.466 e. The number of hydrogen-bond acceptors (Lipinski definition) is 2. The average Bonchev–Trinajstić information content (AvgIpc) is 2.42. The molecule has 0 aromatic heterocycles. The highest BCUT2D eigenvalue weighted by Gasteiger charge is 1.85. The summed E-state index contributed by atoms with van der Waals surface area (Å²) in [7, 11) is 0. The fourth-order valence-electron chi connectivity index (χ4n) is 1.35. The Balaban J connectivity index is 0.000000138. The highest BCUT2D eigenvalue weighted by molar-refractivity contribution is 5.81. The molecule has 3 rings (SSSR count). The van der Waals surface area contributed by atoms with Crippen LogP contribution in [0.4, 0.5) is 0 Å². The van der Waals surface area contributed by atoms with E-state index in [0.717, 1.165) is 0 Å². The molecule has 0 amide bonds. The number of benzene rings is 2. The molecule has 2 heteroatoms. The first-order valence-corrected chi connectivity index (χ1v) is 5.01. The molecule has 2 aromatic rings.